The SMILES string of the molecule is Cc1ccc(N2CCN(C(=O)Nc3nc(C)ns3)[C@H](C)C2)cc1. The third kappa shape index (κ3) is 3.61. The summed E-state index contributed by atoms with van der Waals surface area (Å²) in [5.74, 6) is 0.683. The van der Waals surface area contributed by atoms with Gasteiger partial charge in [-0.15, -0.1) is 0 Å². The first-order valence-electron chi connectivity index (χ1n) is 7.72. The second-order valence-corrected chi connectivity index (χ2v) is 6.65. The van der Waals surface area contributed by atoms with Gasteiger partial charge in [-0.2, -0.15) is 4.37 Å². The predicted molar refractivity (Wildman–Crippen MR) is 93.2 cm³/mol. The molecular formula is C16H21N5OS. The van der Waals surface area contributed by atoms with Crippen LogP contribution in [0.15, 0.2) is 24.3 Å². The van der Waals surface area contributed by atoms with Gasteiger partial charge in [0.2, 0.25) is 5.13 Å². The van der Waals surface area contributed by atoms with E-state index in [9.17, 15) is 4.79 Å². The topological polar surface area (TPSA) is 61.4 Å². The summed E-state index contributed by atoms with van der Waals surface area (Å²) in [6.45, 7) is 8.32. The van der Waals surface area contributed by atoms with Crippen LogP contribution in [0, 0.1) is 13.8 Å². The number of piperazine rings is 1. The van der Waals surface area contributed by atoms with E-state index in [0.29, 0.717) is 17.5 Å². The zero-order valence-corrected chi connectivity index (χ0v) is 14.4. The fourth-order valence-corrected chi connectivity index (χ4v) is 3.33. The number of aryl methyl sites for hydroxylation is 2. The van der Waals surface area contributed by atoms with Crippen LogP contribution >= 0.6 is 11.5 Å². The number of rotatable bonds is 2. The van der Waals surface area contributed by atoms with Crippen molar-refractivity contribution in [2.75, 3.05) is 29.9 Å². The molecule has 7 heteroatoms. The normalized spacial score (nSPS) is 18.1. The van der Waals surface area contributed by atoms with Gasteiger partial charge in [-0.25, -0.2) is 9.78 Å². The van der Waals surface area contributed by atoms with E-state index in [1.165, 1.54) is 22.8 Å². The first-order valence-corrected chi connectivity index (χ1v) is 8.50. The molecule has 1 atom stereocenters. The fraction of sp³-hybridized carbons (Fsp3) is 0.438. The van der Waals surface area contributed by atoms with Crippen molar-refractivity contribution in [2.45, 2.75) is 26.8 Å². The van der Waals surface area contributed by atoms with Crippen LogP contribution in [0.3, 0.4) is 0 Å². The molecule has 0 spiro atoms. The lowest BCUT2D eigenvalue weighted by atomic mass is 10.1. The highest BCUT2D eigenvalue weighted by atomic mass is 32.1. The van der Waals surface area contributed by atoms with Crippen LogP contribution in [0.4, 0.5) is 15.6 Å². The third-order valence-corrected chi connectivity index (χ3v) is 4.75. The van der Waals surface area contributed by atoms with E-state index in [1.807, 2.05) is 11.8 Å². The Morgan fingerprint density at radius 2 is 2.00 bits per heavy atom. The minimum atomic E-state index is -0.0998. The smallest absolute Gasteiger partial charge is 0.324 e. The molecule has 2 heterocycles. The van der Waals surface area contributed by atoms with Crippen LogP contribution in [-0.4, -0.2) is 46.0 Å². The van der Waals surface area contributed by atoms with Gasteiger partial charge in [0, 0.05) is 42.9 Å². The standard InChI is InChI=1S/C16H21N5OS/c1-11-4-6-14(7-5-11)20-8-9-21(12(2)10-20)16(22)18-15-17-13(3)19-23-15/h4-7,12H,8-10H2,1-3H3,(H,17,18,19,22)/t12-/m1/s1. The predicted octanol–water partition coefficient (Wildman–Crippen LogP) is 2.90. The monoisotopic (exact) mass is 331 g/mol. The Hall–Kier alpha value is -2.15. The molecule has 1 aromatic carbocycles. The molecule has 1 aliphatic rings. The average molecular weight is 331 g/mol. The van der Waals surface area contributed by atoms with Gasteiger partial charge >= 0.3 is 6.03 Å². The van der Waals surface area contributed by atoms with E-state index in [2.05, 4.69) is 57.7 Å². The second-order valence-electron chi connectivity index (χ2n) is 5.90. The van der Waals surface area contributed by atoms with Gasteiger partial charge < -0.3 is 9.80 Å². The molecule has 6 nitrogen and oxygen atoms in total. The van der Waals surface area contributed by atoms with Gasteiger partial charge in [-0.1, -0.05) is 17.7 Å². The van der Waals surface area contributed by atoms with Gasteiger partial charge in [0.1, 0.15) is 5.82 Å². The Morgan fingerprint density at radius 3 is 2.61 bits per heavy atom. The van der Waals surface area contributed by atoms with Crippen molar-refractivity contribution in [3.63, 3.8) is 0 Å². The molecule has 0 bridgehead atoms. The van der Waals surface area contributed by atoms with Crippen LogP contribution in [0.5, 0.6) is 0 Å². The summed E-state index contributed by atoms with van der Waals surface area (Å²) >= 11 is 1.21. The van der Waals surface area contributed by atoms with Crippen LogP contribution in [0.2, 0.25) is 0 Å². The molecule has 0 unspecified atom stereocenters. The molecule has 2 amide bonds. The summed E-state index contributed by atoms with van der Waals surface area (Å²) < 4.78 is 4.08. The van der Waals surface area contributed by atoms with Crippen molar-refractivity contribution in [3.8, 4) is 0 Å². The molecule has 0 radical (unpaired) electrons. The van der Waals surface area contributed by atoms with E-state index in [-0.39, 0.29) is 12.1 Å². The summed E-state index contributed by atoms with van der Waals surface area (Å²) in [4.78, 5) is 20.8. The van der Waals surface area contributed by atoms with Gasteiger partial charge in [0.15, 0.2) is 0 Å². The molecule has 2 aromatic rings. The lowest BCUT2D eigenvalue weighted by Gasteiger charge is -2.40. The van der Waals surface area contributed by atoms with E-state index < -0.39 is 0 Å². The molecule has 0 saturated carbocycles. The van der Waals surface area contributed by atoms with Crippen molar-refractivity contribution in [1.29, 1.82) is 0 Å². The number of benzene rings is 1. The minimum absolute atomic E-state index is 0.0998. The minimum Gasteiger partial charge on any atom is -0.368 e. The lowest BCUT2D eigenvalue weighted by Crippen LogP contribution is -2.55. The zero-order chi connectivity index (χ0) is 16.4. The molecule has 122 valence electrons. The van der Waals surface area contributed by atoms with Crippen molar-refractivity contribution in [1.82, 2.24) is 14.3 Å². The molecule has 3 rings (SSSR count). The maximum Gasteiger partial charge on any atom is 0.324 e. The summed E-state index contributed by atoms with van der Waals surface area (Å²) in [6.07, 6.45) is 0. The van der Waals surface area contributed by atoms with Crippen molar-refractivity contribution < 1.29 is 4.79 Å². The zero-order valence-electron chi connectivity index (χ0n) is 13.6. The quantitative estimate of drug-likeness (QED) is 0.919. The molecule has 1 aliphatic heterocycles. The Labute approximate surface area is 140 Å². The number of amides is 2. The van der Waals surface area contributed by atoms with E-state index in [0.717, 1.165) is 13.1 Å². The van der Waals surface area contributed by atoms with Crippen LogP contribution in [0.25, 0.3) is 0 Å². The number of nitrogens with one attached hydrogen (secondary N) is 1. The molecule has 1 fully saturated rings. The van der Waals surface area contributed by atoms with Crippen molar-refractivity contribution in [2.24, 2.45) is 0 Å². The van der Waals surface area contributed by atoms with E-state index >= 15 is 0 Å². The van der Waals surface area contributed by atoms with Gasteiger partial charge in [0.25, 0.3) is 0 Å². The number of hydrogen-bond donors (Lipinski definition) is 1. The largest absolute Gasteiger partial charge is 0.368 e. The number of carbonyl (C=O) groups is 1. The first-order chi connectivity index (χ1) is 11.0. The second kappa shape index (κ2) is 6.54. The number of carbonyl (C=O) groups excluding carboxylic acids is 1. The molecule has 1 saturated heterocycles. The highest BCUT2D eigenvalue weighted by Gasteiger charge is 2.28. The summed E-state index contributed by atoms with van der Waals surface area (Å²) in [5.41, 5.74) is 2.47. The van der Waals surface area contributed by atoms with Crippen LogP contribution < -0.4 is 10.2 Å². The molecule has 0 aliphatic carbocycles. The van der Waals surface area contributed by atoms with Crippen LogP contribution in [0.1, 0.15) is 18.3 Å². The maximum atomic E-state index is 12.4. The summed E-state index contributed by atoms with van der Waals surface area (Å²) in [6, 6.07) is 8.56. The van der Waals surface area contributed by atoms with Crippen LogP contribution in [-0.2, 0) is 0 Å². The maximum absolute atomic E-state index is 12.4. The Morgan fingerprint density at radius 1 is 1.26 bits per heavy atom. The van der Waals surface area contributed by atoms with Gasteiger partial charge in [0.05, 0.1) is 0 Å². The lowest BCUT2D eigenvalue weighted by molar-refractivity contribution is 0.185. The highest BCUT2D eigenvalue weighted by molar-refractivity contribution is 7.09. The Balaban J connectivity index is 1.61. The molecule has 23 heavy (non-hydrogen) atoms. The number of urea groups is 1. The summed E-state index contributed by atoms with van der Waals surface area (Å²) in [5, 5.41) is 3.39. The van der Waals surface area contributed by atoms with Gasteiger partial charge in [-0.05, 0) is 32.9 Å². The Kier molecular flexibility index (Phi) is 4.47. The molecular weight excluding hydrogens is 310 g/mol. The van der Waals surface area contributed by atoms with Crippen molar-refractivity contribution >= 4 is 28.4 Å². The average Bonchev–Trinajstić information content (AvgIpc) is 2.92. The number of hydrogen-bond acceptors (Lipinski definition) is 5. The van der Waals surface area contributed by atoms with Gasteiger partial charge in [-0.3, -0.25) is 5.32 Å². The molecule has 1 aromatic heterocycles. The number of aromatic nitrogens is 2. The third-order valence-electron chi connectivity index (χ3n) is 4.03. The van der Waals surface area contributed by atoms with E-state index in [4.69, 9.17) is 0 Å². The van der Waals surface area contributed by atoms with E-state index in [1.54, 1.807) is 0 Å². The number of nitrogens with zero attached hydrogens (tertiary/aromatic N) is 4. The highest BCUT2D eigenvalue weighted by Crippen LogP contribution is 2.20. The Bertz CT molecular complexity index is 684. The fourth-order valence-electron chi connectivity index (χ4n) is 2.76. The molecule has 1 N–H and O–H groups in total. The van der Waals surface area contributed by atoms with Crippen molar-refractivity contribution in [3.05, 3.63) is 35.7 Å². The summed E-state index contributed by atoms with van der Waals surface area (Å²) in [7, 11) is 0. The number of anilines is 2. The first kappa shape index (κ1) is 15.7.